The van der Waals surface area contributed by atoms with Crippen LogP contribution in [0.2, 0.25) is 0 Å². The number of anilines is 1. The van der Waals surface area contributed by atoms with Crippen LogP contribution < -0.4 is 10.1 Å². The van der Waals surface area contributed by atoms with Crippen molar-refractivity contribution >= 4 is 17.4 Å². The Morgan fingerprint density at radius 1 is 1.08 bits per heavy atom. The fourth-order valence-corrected chi connectivity index (χ4v) is 2.25. The molecule has 0 aliphatic carbocycles. The van der Waals surface area contributed by atoms with E-state index in [0.29, 0.717) is 17.7 Å². The molecule has 2 rings (SSSR count). The van der Waals surface area contributed by atoms with Crippen LogP contribution in [-0.4, -0.2) is 17.8 Å². The lowest BCUT2D eigenvalue weighted by molar-refractivity contribution is -0.137. The summed E-state index contributed by atoms with van der Waals surface area (Å²) in [7, 11) is 0. The molecule has 0 spiro atoms. The van der Waals surface area contributed by atoms with Crippen molar-refractivity contribution in [3.63, 3.8) is 0 Å². The van der Waals surface area contributed by atoms with Crippen molar-refractivity contribution in [1.29, 1.82) is 0 Å². The summed E-state index contributed by atoms with van der Waals surface area (Å²) in [5.41, 5.74) is -0.733. The fourth-order valence-electron chi connectivity index (χ4n) is 2.25. The summed E-state index contributed by atoms with van der Waals surface area (Å²) in [5, 5.41) is 2.24. The smallest absolute Gasteiger partial charge is 0.418 e. The van der Waals surface area contributed by atoms with Crippen LogP contribution in [0.1, 0.15) is 36.2 Å². The van der Waals surface area contributed by atoms with E-state index in [1.54, 1.807) is 19.1 Å². The molecular formula is C19H18F3NO3. The second kappa shape index (κ2) is 8.03. The van der Waals surface area contributed by atoms with Gasteiger partial charge in [0.2, 0.25) is 0 Å². The zero-order valence-electron chi connectivity index (χ0n) is 14.3. The van der Waals surface area contributed by atoms with E-state index in [9.17, 15) is 22.8 Å². The highest BCUT2D eigenvalue weighted by molar-refractivity contribution is 5.96. The van der Waals surface area contributed by atoms with Gasteiger partial charge in [-0.3, -0.25) is 9.59 Å². The van der Waals surface area contributed by atoms with Crippen molar-refractivity contribution in [3.05, 3.63) is 59.7 Å². The summed E-state index contributed by atoms with van der Waals surface area (Å²) in [6.45, 7) is 3.18. The van der Waals surface area contributed by atoms with Crippen LogP contribution in [0.15, 0.2) is 48.5 Å². The first-order valence-electron chi connectivity index (χ1n) is 7.99. The Labute approximate surface area is 149 Å². The molecule has 0 saturated heterocycles. The van der Waals surface area contributed by atoms with E-state index < -0.39 is 23.8 Å². The van der Waals surface area contributed by atoms with Crippen LogP contribution in [0.5, 0.6) is 5.75 Å². The van der Waals surface area contributed by atoms with Crippen LogP contribution in [0.25, 0.3) is 0 Å². The molecular weight excluding hydrogens is 347 g/mol. The van der Waals surface area contributed by atoms with Gasteiger partial charge in [-0.1, -0.05) is 19.1 Å². The van der Waals surface area contributed by atoms with E-state index in [4.69, 9.17) is 4.74 Å². The Hall–Kier alpha value is -2.83. The quantitative estimate of drug-likeness (QED) is 0.755. The Balaban J connectivity index is 2.06. The van der Waals surface area contributed by atoms with Crippen LogP contribution in [0, 0.1) is 0 Å². The number of amides is 1. The number of nitrogens with one attached hydrogen (secondary N) is 1. The summed E-state index contributed by atoms with van der Waals surface area (Å²) in [6.07, 6.45) is -5.23. The van der Waals surface area contributed by atoms with Gasteiger partial charge in [0.1, 0.15) is 5.75 Å². The van der Waals surface area contributed by atoms with E-state index in [1.807, 2.05) is 0 Å². The van der Waals surface area contributed by atoms with Gasteiger partial charge < -0.3 is 10.1 Å². The monoisotopic (exact) mass is 365 g/mol. The molecule has 0 heterocycles. The lowest BCUT2D eigenvalue weighted by atomic mass is 10.1. The molecule has 7 heteroatoms. The zero-order valence-corrected chi connectivity index (χ0v) is 14.3. The van der Waals surface area contributed by atoms with E-state index in [1.165, 1.54) is 37.3 Å². The van der Waals surface area contributed by atoms with Gasteiger partial charge in [0, 0.05) is 12.0 Å². The van der Waals surface area contributed by atoms with E-state index in [-0.39, 0.29) is 11.5 Å². The lowest BCUT2D eigenvalue weighted by Crippen LogP contribution is -2.31. The number of para-hydroxylation sites is 1. The molecule has 0 saturated carbocycles. The predicted molar refractivity (Wildman–Crippen MR) is 91.2 cm³/mol. The van der Waals surface area contributed by atoms with Crippen LogP contribution in [0.4, 0.5) is 18.9 Å². The van der Waals surface area contributed by atoms with Crippen molar-refractivity contribution in [2.45, 2.75) is 32.5 Å². The topological polar surface area (TPSA) is 55.4 Å². The van der Waals surface area contributed by atoms with Gasteiger partial charge in [-0.05, 0) is 43.3 Å². The molecule has 138 valence electrons. The number of hydrogen-bond donors (Lipinski definition) is 1. The van der Waals surface area contributed by atoms with E-state index >= 15 is 0 Å². The fraction of sp³-hybridized carbons (Fsp3) is 0.263. The van der Waals surface area contributed by atoms with Crippen molar-refractivity contribution in [3.8, 4) is 5.75 Å². The number of Topliss-reactive ketones (excluding diaryl/α,β-unsaturated/α-hetero) is 1. The minimum Gasteiger partial charge on any atom is -0.481 e. The Bertz CT molecular complexity index is 785. The van der Waals surface area contributed by atoms with Gasteiger partial charge in [0.05, 0.1) is 11.3 Å². The molecule has 2 aromatic rings. The van der Waals surface area contributed by atoms with E-state index in [2.05, 4.69) is 5.32 Å². The summed E-state index contributed by atoms with van der Waals surface area (Å²) in [5.74, 6) is -0.397. The second-order valence-corrected chi connectivity index (χ2v) is 5.59. The van der Waals surface area contributed by atoms with Crippen molar-refractivity contribution in [2.24, 2.45) is 0 Å². The van der Waals surface area contributed by atoms with Gasteiger partial charge in [0.25, 0.3) is 5.91 Å². The molecule has 4 nitrogen and oxygen atoms in total. The molecule has 0 aliphatic heterocycles. The second-order valence-electron chi connectivity index (χ2n) is 5.59. The molecule has 26 heavy (non-hydrogen) atoms. The normalized spacial score (nSPS) is 12.3. The SMILES string of the molecule is CCC(=O)c1ccc(OC(C)C(=O)Nc2ccccc2C(F)(F)F)cc1. The number of hydrogen-bond acceptors (Lipinski definition) is 3. The van der Waals surface area contributed by atoms with Crippen LogP contribution in [0.3, 0.4) is 0 Å². The van der Waals surface area contributed by atoms with Crippen molar-refractivity contribution in [1.82, 2.24) is 0 Å². The minimum absolute atomic E-state index is 0.0221. The maximum absolute atomic E-state index is 13.0. The highest BCUT2D eigenvalue weighted by Gasteiger charge is 2.34. The molecule has 0 aliphatic rings. The molecule has 0 radical (unpaired) electrons. The number of alkyl halides is 3. The number of carbonyl (C=O) groups excluding carboxylic acids is 2. The largest absolute Gasteiger partial charge is 0.481 e. The average molecular weight is 365 g/mol. The number of carbonyl (C=O) groups is 2. The third-order valence-corrected chi connectivity index (χ3v) is 3.67. The molecule has 1 atom stereocenters. The number of ether oxygens (including phenoxy) is 1. The average Bonchev–Trinajstić information content (AvgIpc) is 2.61. The van der Waals surface area contributed by atoms with E-state index in [0.717, 1.165) is 6.07 Å². The predicted octanol–water partition coefficient (Wildman–Crippen LogP) is 4.70. The molecule has 1 N–H and O–H groups in total. The van der Waals surface area contributed by atoms with Crippen LogP contribution in [-0.2, 0) is 11.0 Å². The lowest BCUT2D eigenvalue weighted by Gasteiger charge is -2.17. The highest BCUT2D eigenvalue weighted by Crippen LogP contribution is 2.34. The summed E-state index contributed by atoms with van der Waals surface area (Å²) < 4.78 is 44.3. The summed E-state index contributed by atoms with van der Waals surface area (Å²) in [6, 6.07) is 10.9. The van der Waals surface area contributed by atoms with Crippen molar-refractivity contribution < 1.29 is 27.5 Å². The maximum Gasteiger partial charge on any atom is 0.418 e. The molecule has 1 amide bonds. The first-order valence-corrected chi connectivity index (χ1v) is 7.99. The van der Waals surface area contributed by atoms with Gasteiger partial charge in [-0.15, -0.1) is 0 Å². The van der Waals surface area contributed by atoms with Gasteiger partial charge in [0.15, 0.2) is 11.9 Å². The molecule has 0 aromatic heterocycles. The van der Waals surface area contributed by atoms with Crippen LogP contribution >= 0.6 is 0 Å². The summed E-state index contributed by atoms with van der Waals surface area (Å²) >= 11 is 0. The number of ketones is 1. The third kappa shape index (κ3) is 4.84. The zero-order chi connectivity index (χ0) is 19.3. The van der Waals surface area contributed by atoms with Gasteiger partial charge >= 0.3 is 6.18 Å². The first-order chi connectivity index (χ1) is 12.2. The Kier molecular flexibility index (Phi) is 6.02. The highest BCUT2D eigenvalue weighted by atomic mass is 19.4. The third-order valence-electron chi connectivity index (χ3n) is 3.67. The van der Waals surface area contributed by atoms with Gasteiger partial charge in [-0.25, -0.2) is 0 Å². The number of halogens is 3. The number of benzene rings is 2. The standard InChI is InChI=1S/C19H18F3NO3/c1-3-17(24)13-8-10-14(11-9-13)26-12(2)18(25)23-16-7-5-4-6-15(16)19(20,21)22/h4-12H,3H2,1-2H3,(H,23,25). The minimum atomic E-state index is -4.57. The first kappa shape index (κ1) is 19.5. The van der Waals surface area contributed by atoms with Crippen molar-refractivity contribution in [2.75, 3.05) is 5.32 Å². The Morgan fingerprint density at radius 2 is 1.69 bits per heavy atom. The number of rotatable bonds is 6. The molecule has 1 unspecified atom stereocenters. The Morgan fingerprint density at radius 3 is 2.27 bits per heavy atom. The molecule has 0 bridgehead atoms. The maximum atomic E-state index is 13.0. The van der Waals surface area contributed by atoms with Gasteiger partial charge in [-0.2, -0.15) is 13.2 Å². The molecule has 0 fully saturated rings. The molecule has 2 aromatic carbocycles. The summed E-state index contributed by atoms with van der Waals surface area (Å²) in [4.78, 5) is 23.7.